The first-order valence-corrected chi connectivity index (χ1v) is 9.56. The van der Waals surface area contributed by atoms with Gasteiger partial charge in [0.05, 0.1) is 10.9 Å². The molecule has 0 spiro atoms. The molecule has 1 N–H and O–H groups in total. The molecule has 0 fully saturated rings. The van der Waals surface area contributed by atoms with Gasteiger partial charge in [0.1, 0.15) is 11.4 Å². The number of rotatable bonds is 5. The first-order valence-electron chi connectivity index (χ1n) is 7.80. The van der Waals surface area contributed by atoms with Gasteiger partial charge in [-0.05, 0) is 26.8 Å². The average molecular weight is 371 g/mol. The zero-order valence-corrected chi connectivity index (χ0v) is 15.8. The van der Waals surface area contributed by atoms with Crippen LogP contribution < -0.4 is 5.32 Å². The normalized spacial score (nSPS) is 12.0. The molecule has 0 saturated heterocycles. The number of thioether (sulfide) groups is 1. The summed E-state index contributed by atoms with van der Waals surface area (Å²) in [5, 5.41) is 5.95. The lowest BCUT2D eigenvalue weighted by Crippen LogP contribution is -2.22. The van der Waals surface area contributed by atoms with Gasteiger partial charge >= 0.3 is 0 Å². The van der Waals surface area contributed by atoms with Crippen LogP contribution in [0.15, 0.2) is 47.1 Å². The molecule has 0 bridgehead atoms. The van der Waals surface area contributed by atoms with Crippen molar-refractivity contribution < 1.29 is 4.79 Å². The fraction of sp³-hybridized carbons (Fsp3) is 0.222. The van der Waals surface area contributed by atoms with Crippen molar-refractivity contribution in [3.8, 4) is 11.3 Å². The van der Waals surface area contributed by atoms with E-state index in [4.69, 9.17) is 0 Å². The van der Waals surface area contributed by atoms with E-state index < -0.39 is 0 Å². The van der Waals surface area contributed by atoms with Gasteiger partial charge in [-0.2, -0.15) is 0 Å². The highest BCUT2D eigenvalue weighted by atomic mass is 32.2. The van der Waals surface area contributed by atoms with Crippen molar-refractivity contribution >= 4 is 34.1 Å². The van der Waals surface area contributed by atoms with Crippen molar-refractivity contribution in [2.24, 2.45) is 0 Å². The van der Waals surface area contributed by atoms with E-state index in [1.54, 1.807) is 0 Å². The summed E-state index contributed by atoms with van der Waals surface area (Å²) >= 11 is 2.83. The van der Waals surface area contributed by atoms with Crippen LogP contribution in [-0.2, 0) is 4.79 Å². The summed E-state index contributed by atoms with van der Waals surface area (Å²) in [6.45, 7) is 5.80. The SMILES string of the molecule is Cc1ccc(-c2csc(NC(=O)C(C)Sc3cc(C)ncn3)n2)cc1. The summed E-state index contributed by atoms with van der Waals surface area (Å²) in [5.41, 5.74) is 4.00. The standard InChI is InChI=1S/C18H18N4OS2/c1-11-4-6-14(7-5-11)15-9-24-18(21-15)22-17(23)13(3)25-16-8-12(2)19-10-20-16/h4-10,13H,1-3H3,(H,21,22,23). The lowest BCUT2D eigenvalue weighted by atomic mass is 10.1. The number of nitrogens with zero attached hydrogens (tertiary/aromatic N) is 3. The van der Waals surface area contributed by atoms with E-state index in [1.165, 1.54) is 35.0 Å². The van der Waals surface area contributed by atoms with E-state index in [1.807, 2.05) is 37.4 Å². The van der Waals surface area contributed by atoms with Gasteiger partial charge in [-0.3, -0.25) is 4.79 Å². The van der Waals surface area contributed by atoms with Gasteiger partial charge in [-0.15, -0.1) is 11.3 Å². The van der Waals surface area contributed by atoms with E-state index in [9.17, 15) is 4.79 Å². The molecule has 0 radical (unpaired) electrons. The van der Waals surface area contributed by atoms with Gasteiger partial charge in [0.15, 0.2) is 5.13 Å². The van der Waals surface area contributed by atoms with Crippen molar-refractivity contribution in [2.75, 3.05) is 5.32 Å². The second-order valence-electron chi connectivity index (χ2n) is 5.65. The predicted octanol–water partition coefficient (Wildman–Crippen LogP) is 4.34. The van der Waals surface area contributed by atoms with Crippen LogP contribution in [0.3, 0.4) is 0 Å². The molecule has 2 heterocycles. The molecule has 1 aromatic carbocycles. The van der Waals surface area contributed by atoms with Crippen molar-refractivity contribution in [3.63, 3.8) is 0 Å². The van der Waals surface area contributed by atoms with Crippen LogP contribution >= 0.6 is 23.1 Å². The number of hydrogen-bond acceptors (Lipinski definition) is 6. The highest BCUT2D eigenvalue weighted by Crippen LogP contribution is 2.27. The number of nitrogens with one attached hydrogen (secondary N) is 1. The summed E-state index contributed by atoms with van der Waals surface area (Å²) in [4.78, 5) is 25.1. The van der Waals surface area contributed by atoms with E-state index in [0.29, 0.717) is 5.13 Å². The number of amides is 1. The van der Waals surface area contributed by atoms with E-state index in [0.717, 1.165) is 22.0 Å². The molecule has 1 atom stereocenters. The molecule has 128 valence electrons. The summed E-state index contributed by atoms with van der Waals surface area (Å²) < 4.78 is 0. The molecule has 0 aliphatic carbocycles. The maximum absolute atomic E-state index is 12.4. The lowest BCUT2D eigenvalue weighted by molar-refractivity contribution is -0.115. The molecular formula is C18H18N4OS2. The third-order valence-corrected chi connectivity index (χ3v) is 5.32. The number of carbonyl (C=O) groups excluding carboxylic acids is 1. The Labute approximate surface area is 155 Å². The van der Waals surface area contributed by atoms with Crippen molar-refractivity contribution in [1.82, 2.24) is 15.0 Å². The Morgan fingerprint density at radius 3 is 2.68 bits per heavy atom. The quantitative estimate of drug-likeness (QED) is 0.535. The first-order chi connectivity index (χ1) is 12.0. The van der Waals surface area contributed by atoms with Gasteiger partial charge in [0.2, 0.25) is 5.91 Å². The molecule has 3 aromatic rings. The summed E-state index contributed by atoms with van der Waals surface area (Å²) in [6, 6.07) is 10.0. The summed E-state index contributed by atoms with van der Waals surface area (Å²) in [6.07, 6.45) is 1.51. The summed E-state index contributed by atoms with van der Waals surface area (Å²) in [7, 11) is 0. The highest BCUT2D eigenvalue weighted by Gasteiger charge is 2.17. The minimum Gasteiger partial charge on any atom is -0.301 e. The fourth-order valence-electron chi connectivity index (χ4n) is 2.12. The van der Waals surface area contributed by atoms with E-state index >= 15 is 0 Å². The molecule has 0 saturated carbocycles. The number of thiazole rings is 1. The minimum absolute atomic E-state index is 0.0916. The molecule has 7 heteroatoms. The number of benzene rings is 1. The molecule has 5 nitrogen and oxygen atoms in total. The molecule has 1 amide bonds. The van der Waals surface area contributed by atoms with E-state index in [2.05, 4.69) is 39.3 Å². The van der Waals surface area contributed by atoms with Gasteiger partial charge in [-0.1, -0.05) is 41.6 Å². The fourth-order valence-corrected chi connectivity index (χ4v) is 3.72. The Kier molecular flexibility index (Phi) is 5.45. The zero-order valence-electron chi connectivity index (χ0n) is 14.2. The van der Waals surface area contributed by atoms with Crippen molar-refractivity contribution in [3.05, 3.63) is 53.3 Å². The molecule has 1 unspecified atom stereocenters. The Morgan fingerprint density at radius 2 is 1.96 bits per heavy atom. The monoisotopic (exact) mass is 370 g/mol. The van der Waals surface area contributed by atoms with Gasteiger partial charge in [0.25, 0.3) is 0 Å². The van der Waals surface area contributed by atoms with Crippen LogP contribution in [0.5, 0.6) is 0 Å². The van der Waals surface area contributed by atoms with Crippen molar-refractivity contribution in [2.45, 2.75) is 31.0 Å². The Hall–Kier alpha value is -2.25. The van der Waals surface area contributed by atoms with Gasteiger partial charge in [0, 0.05) is 16.6 Å². The maximum atomic E-state index is 12.4. The number of anilines is 1. The highest BCUT2D eigenvalue weighted by molar-refractivity contribution is 8.00. The molecule has 2 aromatic heterocycles. The zero-order chi connectivity index (χ0) is 17.8. The smallest absolute Gasteiger partial charge is 0.239 e. The molecule has 0 aliphatic rings. The Balaban J connectivity index is 1.64. The number of aromatic nitrogens is 3. The van der Waals surface area contributed by atoms with Crippen LogP contribution in [0.4, 0.5) is 5.13 Å². The van der Waals surface area contributed by atoms with Crippen LogP contribution in [0.25, 0.3) is 11.3 Å². The maximum Gasteiger partial charge on any atom is 0.239 e. The molecule has 3 rings (SSSR count). The van der Waals surface area contributed by atoms with Crippen LogP contribution in [0.2, 0.25) is 0 Å². The van der Waals surface area contributed by atoms with E-state index in [-0.39, 0.29) is 11.2 Å². The third-order valence-electron chi connectivity index (χ3n) is 3.53. The Morgan fingerprint density at radius 1 is 1.20 bits per heavy atom. The number of aryl methyl sites for hydroxylation is 2. The molecule has 0 aliphatic heterocycles. The van der Waals surface area contributed by atoms with Crippen LogP contribution in [0.1, 0.15) is 18.2 Å². The first kappa shape index (κ1) is 17.6. The predicted molar refractivity (Wildman–Crippen MR) is 103 cm³/mol. The Bertz CT molecular complexity index is 877. The lowest BCUT2D eigenvalue weighted by Gasteiger charge is -2.09. The van der Waals surface area contributed by atoms with Gasteiger partial charge in [-0.25, -0.2) is 15.0 Å². The molecular weight excluding hydrogens is 352 g/mol. The molecule has 25 heavy (non-hydrogen) atoms. The largest absolute Gasteiger partial charge is 0.301 e. The van der Waals surface area contributed by atoms with Crippen LogP contribution in [-0.4, -0.2) is 26.1 Å². The van der Waals surface area contributed by atoms with Gasteiger partial charge < -0.3 is 5.32 Å². The summed E-state index contributed by atoms with van der Waals surface area (Å²) in [5.74, 6) is -0.0916. The minimum atomic E-state index is -0.277. The van der Waals surface area contributed by atoms with Crippen LogP contribution in [0, 0.1) is 13.8 Å². The topological polar surface area (TPSA) is 67.8 Å². The third kappa shape index (κ3) is 4.64. The number of hydrogen-bond donors (Lipinski definition) is 1. The second-order valence-corrected chi connectivity index (χ2v) is 7.87. The second kappa shape index (κ2) is 7.76. The van der Waals surface area contributed by atoms with Crippen molar-refractivity contribution in [1.29, 1.82) is 0 Å². The number of carbonyl (C=O) groups is 1. The average Bonchev–Trinajstić information content (AvgIpc) is 3.04.